The lowest BCUT2D eigenvalue weighted by atomic mass is 9.72. The van der Waals surface area contributed by atoms with Gasteiger partial charge in [0.2, 0.25) is 0 Å². The van der Waals surface area contributed by atoms with Crippen molar-refractivity contribution in [3.63, 3.8) is 0 Å². The van der Waals surface area contributed by atoms with Crippen LogP contribution in [0.2, 0.25) is 0 Å². The third-order valence-electron chi connectivity index (χ3n) is 8.43. The van der Waals surface area contributed by atoms with Crippen LogP contribution in [0.3, 0.4) is 0 Å². The van der Waals surface area contributed by atoms with Crippen molar-refractivity contribution in [3.8, 4) is 0 Å². The number of carbonyl (C=O) groups excluding carboxylic acids is 2. The SMILES string of the molecule is O=C(O)CCNC(=O)c1ccc(CN(C(=O)Nc2cc(F)cc(C(F)(F)F)c2)C2CCC(C3CCCCC3)CC2)cc1. The molecule has 0 atom stereocenters. The van der Waals surface area contributed by atoms with E-state index < -0.39 is 35.5 Å². The number of amides is 3. The fourth-order valence-electron chi connectivity index (χ4n) is 6.22. The number of alkyl halides is 3. The van der Waals surface area contributed by atoms with E-state index in [1.807, 2.05) is 0 Å². The van der Waals surface area contributed by atoms with Crippen molar-refractivity contribution in [2.75, 3.05) is 11.9 Å². The van der Waals surface area contributed by atoms with Crippen LogP contribution in [-0.2, 0) is 17.5 Å². The highest BCUT2D eigenvalue weighted by Crippen LogP contribution is 2.40. The van der Waals surface area contributed by atoms with Gasteiger partial charge in [0.15, 0.2) is 0 Å². The zero-order valence-corrected chi connectivity index (χ0v) is 23.4. The summed E-state index contributed by atoms with van der Waals surface area (Å²) in [7, 11) is 0. The minimum atomic E-state index is -4.76. The lowest BCUT2D eigenvalue weighted by Gasteiger charge is -2.40. The van der Waals surface area contributed by atoms with Gasteiger partial charge in [-0.25, -0.2) is 9.18 Å². The Morgan fingerprint density at radius 2 is 1.52 bits per heavy atom. The van der Waals surface area contributed by atoms with Crippen molar-refractivity contribution in [2.45, 2.75) is 83.0 Å². The number of nitrogens with one attached hydrogen (secondary N) is 2. The lowest BCUT2D eigenvalue weighted by molar-refractivity contribution is -0.138. The second kappa shape index (κ2) is 14.0. The molecule has 2 fully saturated rings. The first-order valence-electron chi connectivity index (χ1n) is 14.5. The van der Waals surface area contributed by atoms with Crippen LogP contribution in [0.4, 0.5) is 28.0 Å². The molecule has 0 radical (unpaired) electrons. The Kier molecular flexibility index (Phi) is 10.5. The fourth-order valence-corrected chi connectivity index (χ4v) is 6.22. The predicted molar refractivity (Wildman–Crippen MR) is 149 cm³/mol. The quantitative estimate of drug-likeness (QED) is 0.268. The molecule has 0 aromatic heterocycles. The summed E-state index contributed by atoms with van der Waals surface area (Å²) in [5.41, 5.74) is -0.430. The molecule has 2 aromatic rings. The van der Waals surface area contributed by atoms with E-state index in [0.29, 0.717) is 29.0 Å². The largest absolute Gasteiger partial charge is 0.481 e. The van der Waals surface area contributed by atoms with Crippen LogP contribution in [0.15, 0.2) is 42.5 Å². The molecular weight excluding hydrogens is 554 g/mol. The van der Waals surface area contributed by atoms with Crippen LogP contribution in [0.25, 0.3) is 0 Å². The van der Waals surface area contributed by atoms with Gasteiger partial charge in [-0.2, -0.15) is 13.2 Å². The molecule has 0 unspecified atom stereocenters. The molecule has 0 spiro atoms. The van der Waals surface area contributed by atoms with E-state index in [-0.39, 0.29) is 31.2 Å². The van der Waals surface area contributed by atoms with Gasteiger partial charge >= 0.3 is 18.2 Å². The van der Waals surface area contributed by atoms with Crippen LogP contribution >= 0.6 is 0 Å². The second-order valence-corrected chi connectivity index (χ2v) is 11.3. The number of halogens is 4. The monoisotopic (exact) mass is 591 g/mol. The highest BCUT2D eigenvalue weighted by Gasteiger charge is 2.34. The van der Waals surface area contributed by atoms with Gasteiger partial charge in [-0.15, -0.1) is 0 Å². The molecule has 3 N–H and O–H groups in total. The third-order valence-corrected chi connectivity index (χ3v) is 8.43. The predicted octanol–water partition coefficient (Wildman–Crippen LogP) is 7.22. The number of anilines is 1. The highest BCUT2D eigenvalue weighted by atomic mass is 19.4. The molecule has 42 heavy (non-hydrogen) atoms. The maximum Gasteiger partial charge on any atom is 0.416 e. The van der Waals surface area contributed by atoms with Gasteiger partial charge in [0, 0.05) is 30.4 Å². The summed E-state index contributed by atoms with van der Waals surface area (Å²) < 4.78 is 53.8. The van der Waals surface area contributed by atoms with Crippen LogP contribution in [0, 0.1) is 17.7 Å². The molecule has 11 heteroatoms. The fraction of sp³-hybridized carbons (Fsp3) is 0.516. The summed E-state index contributed by atoms with van der Waals surface area (Å²) >= 11 is 0. The molecule has 4 rings (SSSR count). The van der Waals surface area contributed by atoms with Gasteiger partial charge < -0.3 is 20.6 Å². The summed E-state index contributed by atoms with van der Waals surface area (Å²) in [4.78, 5) is 38.1. The molecular formula is C31H37F4N3O4. The summed E-state index contributed by atoms with van der Waals surface area (Å²) in [6.07, 6.45) is 4.73. The molecule has 3 amide bonds. The smallest absolute Gasteiger partial charge is 0.416 e. The number of carboxylic acids is 1. The zero-order valence-electron chi connectivity index (χ0n) is 23.4. The van der Waals surface area contributed by atoms with E-state index in [1.54, 1.807) is 29.2 Å². The number of carboxylic acid groups (broad SMARTS) is 1. The van der Waals surface area contributed by atoms with Gasteiger partial charge in [-0.1, -0.05) is 44.2 Å². The summed E-state index contributed by atoms with van der Waals surface area (Å²) in [5, 5.41) is 13.8. The zero-order chi connectivity index (χ0) is 30.3. The molecule has 0 bridgehead atoms. The second-order valence-electron chi connectivity index (χ2n) is 11.3. The third kappa shape index (κ3) is 8.69. The van der Waals surface area contributed by atoms with Crippen molar-refractivity contribution < 1.29 is 37.1 Å². The molecule has 0 saturated heterocycles. The standard InChI is InChI=1S/C31H37F4N3O4/c32-25-16-24(31(33,34)35)17-26(18-25)37-30(42)38(27-12-10-22(11-13-27)21-4-2-1-3-5-21)19-20-6-8-23(9-7-20)29(41)36-15-14-28(39)40/h6-9,16-18,21-22,27H,1-5,10-15,19H2,(H,36,41)(H,37,42)(H,39,40). The van der Waals surface area contributed by atoms with Gasteiger partial charge in [0.25, 0.3) is 5.91 Å². The van der Waals surface area contributed by atoms with E-state index in [1.165, 1.54) is 32.1 Å². The van der Waals surface area contributed by atoms with Gasteiger partial charge in [0.05, 0.1) is 12.0 Å². The first-order valence-corrected chi connectivity index (χ1v) is 14.5. The van der Waals surface area contributed by atoms with Crippen LogP contribution < -0.4 is 10.6 Å². The van der Waals surface area contributed by atoms with Crippen LogP contribution in [-0.4, -0.2) is 40.5 Å². The number of hydrogen-bond acceptors (Lipinski definition) is 3. The summed E-state index contributed by atoms with van der Waals surface area (Å²) in [6, 6.07) is 7.71. The molecule has 7 nitrogen and oxygen atoms in total. The minimum Gasteiger partial charge on any atom is -0.481 e. The molecule has 0 heterocycles. The average molecular weight is 592 g/mol. The summed E-state index contributed by atoms with van der Waals surface area (Å²) in [6.45, 7) is 0.135. The Balaban J connectivity index is 1.48. The number of rotatable bonds is 9. The van der Waals surface area contributed by atoms with Gasteiger partial charge in [-0.05, 0) is 73.4 Å². The van der Waals surface area contributed by atoms with E-state index in [0.717, 1.165) is 37.8 Å². The number of urea groups is 1. The lowest BCUT2D eigenvalue weighted by Crippen LogP contribution is -2.44. The Morgan fingerprint density at radius 3 is 2.14 bits per heavy atom. The number of nitrogens with zero attached hydrogens (tertiary/aromatic N) is 1. The Hall–Kier alpha value is -3.63. The number of aliphatic carboxylic acids is 1. The van der Waals surface area contributed by atoms with E-state index >= 15 is 0 Å². The van der Waals surface area contributed by atoms with Crippen LogP contribution in [0.1, 0.15) is 85.7 Å². The van der Waals surface area contributed by atoms with Crippen molar-refractivity contribution in [1.82, 2.24) is 10.2 Å². The van der Waals surface area contributed by atoms with E-state index in [9.17, 15) is 31.9 Å². The van der Waals surface area contributed by atoms with E-state index in [4.69, 9.17) is 5.11 Å². The minimum absolute atomic E-state index is 0.0104. The first kappa shape index (κ1) is 31.3. The summed E-state index contributed by atoms with van der Waals surface area (Å²) in [5.74, 6) is -1.25. The molecule has 0 aliphatic heterocycles. The normalized spacial score (nSPS) is 19.6. The first-order chi connectivity index (χ1) is 20.0. The number of benzene rings is 2. The van der Waals surface area contributed by atoms with Crippen molar-refractivity contribution in [3.05, 3.63) is 65.0 Å². The van der Waals surface area contributed by atoms with Crippen LogP contribution in [0.5, 0.6) is 0 Å². The Bertz CT molecular complexity index is 1240. The van der Waals surface area contributed by atoms with Gasteiger partial charge in [-0.3, -0.25) is 9.59 Å². The Morgan fingerprint density at radius 1 is 0.881 bits per heavy atom. The Labute approximate surface area is 242 Å². The molecule has 2 aromatic carbocycles. The van der Waals surface area contributed by atoms with Gasteiger partial charge in [0.1, 0.15) is 5.82 Å². The van der Waals surface area contributed by atoms with Crippen molar-refractivity contribution >= 4 is 23.6 Å². The van der Waals surface area contributed by atoms with Crippen molar-refractivity contribution in [2.24, 2.45) is 11.8 Å². The van der Waals surface area contributed by atoms with Crippen molar-refractivity contribution in [1.29, 1.82) is 0 Å². The highest BCUT2D eigenvalue weighted by molar-refractivity contribution is 5.94. The maximum atomic E-state index is 14.0. The number of hydrogen-bond donors (Lipinski definition) is 3. The van der Waals surface area contributed by atoms with E-state index in [2.05, 4.69) is 10.6 Å². The molecule has 2 aliphatic rings. The molecule has 2 aliphatic carbocycles. The average Bonchev–Trinajstić information content (AvgIpc) is 2.96. The molecule has 228 valence electrons. The number of carbonyl (C=O) groups is 3. The topological polar surface area (TPSA) is 98.7 Å². The molecule has 2 saturated carbocycles. The maximum absolute atomic E-state index is 14.0.